The molecule has 2 rings (SSSR count). The van der Waals surface area contributed by atoms with Gasteiger partial charge in [-0.15, -0.1) is 0 Å². The molecular weight excluding hydrogens is 288 g/mol. The average Bonchev–Trinajstić information content (AvgIpc) is 3.13. The minimum Gasteiger partial charge on any atom is -0.497 e. The van der Waals surface area contributed by atoms with Crippen LogP contribution in [0.5, 0.6) is 5.75 Å². The zero-order valence-corrected chi connectivity index (χ0v) is 14.7. The van der Waals surface area contributed by atoms with E-state index in [0.717, 1.165) is 31.7 Å². The molecule has 0 aromatic heterocycles. The first-order valence-corrected chi connectivity index (χ1v) is 8.85. The predicted octanol–water partition coefficient (Wildman–Crippen LogP) is 3.38. The number of hydrogen-bond donors (Lipinski definition) is 1. The lowest BCUT2D eigenvalue weighted by Crippen LogP contribution is -2.39. The number of carbonyl (C=O) groups excluding carboxylic acids is 1. The Bertz CT molecular complexity index is 494. The first kappa shape index (κ1) is 17.8. The third kappa shape index (κ3) is 4.71. The van der Waals surface area contributed by atoms with Crippen LogP contribution in [0.1, 0.15) is 51.1 Å². The molecule has 1 fully saturated rings. The molecule has 1 atom stereocenters. The summed E-state index contributed by atoms with van der Waals surface area (Å²) in [5.74, 6) is 1.31. The number of amides is 1. The van der Waals surface area contributed by atoms with E-state index in [2.05, 4.69) is 36.2 Å². The molecule has 23 heavy (non-hydrogen) atoms. The van der Waals surface area contributed by atoms with Gasteiger partial charge in [-0.05, 0) is 43.6 Å². The molecule has 1 aliphatic rings. The van der Waals surface area contributed by atoms with Gasteiger partial charge in [0.15, 0.2) is 0 Å². The lowest BCUT2D eigenvalue weighted by Gasteiger charge is -2.31. The van der Waals surface area contributed by atoms with Crippen molar-refractivity contribution in [3.63, 3.8) is 0 Å². The Morgan fingerprint density at radius 1 is 1.30 bits per heavy atom. The number of ether oxygens (including phenoxy) is 1. The van der Waals surface area contributed by atoms with Crippen LogP contribution in [0.2, 0.25) is 0 Å². The predicted molar refractivity (Wildman–Crippen MR) is 93.6 cm³/mol. The van der Waals surface area contributed by atoms with E-state index >= 15 is 0 Å². The molecule has 0 unspecified atom stereocenters. The van der Waals surface area contributed by atoms with Gasteiger partial charge in [-0.3, -0.25) is 9.69 Å². The summed E-state index contributed by atoms with van der Waals surface area (Å²) in [6.45, 7) is 6.89. The Morgan fingerprint density at radius 2 is 2.00 bits per heavy atom. The number of rotatable bonds is 8. The molecule has 1 aliphatic carbocycles. The summed E-state index contributed by atoms with van der Waals surface area (Å²) in [6, 6.07) is 8.35. The van der Waals surface area contributed by atoms with Gasteiger partial charge >= 0.3 is 0 Å². The molecule has 4 nitrogen and oxygen atoms in total. The van der Waals surface area contributed by atoms with Crippen molar-refractivity contribution in [3.8, 4) is 5.75 Å². The third-order valence-corrected chi connectivity index (χ3v) is 4.93. The molecular formula is C19H30N2O2. The maximum absolute atomic E-state index is 12.3. The van der Waals surface area contributed by atoms with E-state index in [0.29, 0.717) is 6.54 Å². The molecule has 128 valence electrons. The first-order chi connectivity index (χ1) is 11.2. The van der Waals surface area contributed by atoms with Gasteiger partial charge in [0.2, 0.25) is 5.91 Å². The Morgan fingerprint density at radius 3 is 2.61 bits per heavy atom. The molecule has 1 saturated carbocycles. The zero-order chi connectivity index (χ0) is 16.7. The first-order valence-electron chi connectivity index (χ1n) is 8.85. The fourth-order valence-corrected chi connectivity index (χ4v) is 3.50. The van der Waals surface area contributed by atoms with Gasteiger partial charge in [0.1, 0.15) is 5.75 Å². The van der Waals surface area contributed by atoms with Crippen molar-refractivity contribution in [2.24, 2.45) is 5.92 Å². The highest BCUT2D eigenvalue weighted by molar-refractivity contribution is 5.78. The summed E-state index contributed by atoms with van der Waals surface area (Å²) in [5.41, 5.74) is 1.19. The highest BCUT2D eigenvalue weighted by atomic mass is 16.5. The minimum absolute atomic E-state index is 0.186. The molecule has 0 heterocycles. The van der Waals surface area contributed by atoms with Crippen molar-refractivity contribution in [2.75, 3.05) is 26.7 Å². The number of carbonyl (C=O) groups is 1. The monoisotopic (exact) mass is 318 g/mol. The highest BCUT2D eigenvalue weighted by Gasteiger charge is 2.25. The lowest BCUT2D eigenvalue weighted by atomic mass is 10.0. The summed E-state index contributed by atoms with van der Waals surface area (Å²) in [7, 11) is 1.69. The van der Waals surface area contributed by atoms with Crippen LogP contribution in [0.4, 0.5) is 0 Å². The molecule has 0 aliphatic heterocycles. The normalized spacial score (nSPS) is 16.5. The summed E-state index contributed by atoms with van der Waals surface area (Å²) >= 11 is 0. The van der Waals surface area contributed by atoms with Crippen LogP contribution < -0.4 is 10.1 Å². The molecule has 1 N–H and O–H groups in total. The van der Waals surface area contributed by atoms with Crippen LogP contribution in [0.3, 0.4) is 0 Å². The fourth-order valence-electron chi connectivity index (χ4n) is 3.50. The summed E-state index contributed by atoms with van der Waals surface area (Å²) in [4.78, 5) is 14.7. The van der Waals surface area contributed by atoms with Gasteiger partial charge in [0.25, 0.3) is 0 Å². The standard InChI is InChI=1S/C19H30N2O2/c1-4-21(5-2)18(16-11-8-12-17(13-16)23-3)14-20-19(22)15-9-6-7-10-15/h8,11-13,15,18H,4-7,9-10,14H2,1-3H3,(H,20,22)/t18-/m1/s1. The molecule has 1 aromatic carbocycles. The van der Waals surface area contributed by atoms with Crippen molar-refractivity contribution in [1.82, 2.24) is 10.2 Å². The number of nitrogens with one attached hydrogen (secondary N) is 1. The Balaban J connectivity index is 2.08. The van der Waals surface area contributed by atoms with Crippen LogP contribution in [-0.4, -0.2) is 37.6 Å². The molecule has 0 spiro atoms. The number of hydrogen-bond acceptors (Lipinski definition) is 3. The van der Waals surface area contributed by atoms with Crippen molar-refractivity contribution in [1.29, 1.82) is 0 Å². The van der Waals surface area contributed by atoms with E-state index in [-0.39, 0.29) is 17.9 Å². The maximum atomic E-state index is 12.3. The van der Waals surface area contributed by atoms with Crippen LogP contribution >= 0.6 is 0 Å². The molecule has 0 saturated heterocycles. The van der Waals surface area contributed by atoms with Gasteiger partial charge < -0.3 is 10.1 Å². The maximum Gasteiger partial charge on any atom is 0.223 e. The van der Waals surface area contributed by atoms with E-state index in [9.17, 15) is 4.79 Å². The molecule has 4 heteroatoms. The molecule has 0 bridgehead atoms. The lowest BCUT2D eigenvalue weighted by molar-refractivity contribution is -0.125. The second-order valence-corrected chi connectivity index (χ2v) is 6.24. The second kappa shape index (κ2) is 8.92. The Labute approximate surface area is 140 Å². The van der Waals surface area contributed by atoms with Gasteiger partial charge in [-0.25, -0.2) is 0 Å². The summed E-state index contributed by atoms with van der Waals surface area (Å²) < 4.78 is 5.35. The van der Waals surface area contributed by atoms with Gasteiger partial charge in [0.05, 0.1) is 13.2 Å². The third-order valence-electron chi connectivity index (χ3n) is 4.93. The number of benzene rings is 1. The molecule has 1 aromatic rings. The topological polar surface area (TPSA) is 41.6 Å². The van der Waals surface area contributed by atoms with E-state index < -0.39 is 0 Å². The van der Waals surface area contributed by atoms with E-state index in [1.165, 1.54) is 18.4 Å². The zero-order valence-electron chi connectivity index (χ0n) is 14.7. The largest absolute Gasteiger partial charge is 0.497 e. The SMILES string of the molecule is CCN(CC)[C@H](CNC(=O)C1CCCC1)c1cccc(OC)c1. The average molecular weight is 318 g/mol. The quantitative estimate of drug-likeness (QED) is 0.799. The smallest absolute Gasteiger partial charge is 0.223 e. The van der Waals surface area contributed by atoms with Crippen molar-refractivity contribution < 1.29 is 9.53 Å². The van der Waals surface area contributed by atoms with Crippen molar-refractivity contribution >= 4 is 5.91 Å². The number of methoxy groups -OCH3 is 1. The second-order valence-electron chi connectivity index (χ2n) is 6.24. The van der Waals surface area contributed by atoms with Crippen molar-refractivity contribution in [3.05, 3.63) is 29.8 Å². The summed E-state index contributed by atoms with van der Waals surface area (Å²) in [6.07, 6.45) is 4.46. The van der Waals surface area contributed by atoms with Crippen LogP contribution in [0.25, 0.3) is 0 Å². The van der Waals surface area contributed by atoms with E-state index in [4.69, 9.17) is 4.74 Å². The number of nitrogens with zero attached hydrogens (tertiary/aromatic N) is 1. The Hall–Kier alpha value is -1.55. The summed E-state index contributed by atoms with van der Waals surface area (Å²) in [5, 5.41) is 3.19. The van der Waals surface area contributed by atoms with Gasteiger partial charge in [-0.2, -0.15) is 0 Å². The van der Waals surface area contributed by atoms with Gasteiger partial charge in [-0.1, -0.05) is 38.8 Å². The molecule has 0 radical (unpaired) electrons. The molecule has 1 amide bonds. The van der Waals surface area contributed by atoms with E-state index in [1.807, 2.05) is 12.1 Å². The highest BCUT2D eigenvalue weighted by Crippen LogP contribution is 2.26. The van der Waals surface area contributed by atoms with Gasteiger partial charge in [0, 0.05) is 12.5 Å². The Kier molecular flexibility index (Phi) is 6.90. The van der Waals surface area contributed by atoms with Crippen LogP contribution in [0.15, 0.2) is 24.3 Å². The minimum atomic E-state index is 0.186. The van der Waals surface area contributed by atoms with Crippen LogP contribution in [0, 0.1) is 5.92 Å². The van der Waals surface area contributed by atoms with Crippen LogP contribution in [-0.2, 0) is 4.79 Å². The van der Waals surface area contributed by atoms with E-state index in [1.54, 1.807) is 7.11 Å². The fraction of sp³-hybridized carbons (Fsp3) is 0.632. The van der Waals surface area contributed by atoms with Crippen molar-refractivity contribution in [2.45, 2.75) is 45.6 Å². The number of likely N-dealkylation sites (N-methyl/N-ethyl adjacent to an activating group) is 1.